The molecule has 16 heteroatoms. The van der Waals surface area contributed by atoms with E-state index in [9.17, 15) is 33.6 Å². The SMILES string of the molecule is C.C.C.C1=CC2C3C=CC(C3)C2C1.C1=CC2CC1c1ccccc12.C1=CC2OC1c1ccccc12.C1=CCCCCCC1.C=C1C=CC(=O)C2=C1C1C=CC2C1.CN1C(=O)C2C3C=CC(O3)C2C1=O.CN1C(=O)C2C3C=CC(O3)C2C1=O.CN1C(=O)C2C3C=CC(O3)C2C1=O.Cc1ccc(C)c2c1C1C=CC2C1.Cc1ccc2c(c1)C1C=CC2O1.O. The summed E-state index contributed by atoms with van der Waals surface area (Å²) < 4.78 is 27.7. The van der Waals surface area contributed by atoms with Crippen molar-refractivity contribution < 1.29 is 62.7 Å². The molecule has 4 aromatic carbocycles. The molecular weight excluding hydrogens is 1510 g/mol. The van der Waals surface area contributed by atoms with Crippen LogP contribution >= 0.6 is 0 Å². The highest BCUT2D eigenvalue weighted by atomic mass is 16.5. The zero-order valence-electron chi connectivity index (χ0n) is 68.1. The monoisotopic (exact) mass is 1630 g/mol. The predicted octanol–water partition coefficient (Wildman–Crippen LogP) is 18.5. The molecule has 26 atom stereocenters. The van der Waals surface area contributed by atoms with Crippen molar-refractivity contribution in [3.63, 3.8) is 0 Å². The standard InChI is InChI=1S/C13H14.C12H10O.C11H10O.C11H10.C10H8O.C10H12.3C9H9NO3.C8H14.3CH4.H2O/c1-8-3-4-9(2)13-11-6-5-10(7-11)12(8)13;1-7-2-5-10(13)12-9-4-3-8(6-9)11(7)12;1-7-2-3-8-9(6-7)11-5-4-10(8)12-11;1-2-4-11-9-6-5-8(7-9)10(11)3-1;1-2-4-8-7(3-1)9-5-6-10(8)11-9;1-2-9-7-4-5-8(6-7)10(9)3-1;3*1-10-8(11)6-4-2-3-5(13-4)7(6)9(10)12;1-2-4-6-8-7-5-3-1;;;;/h3-6,10-11H,7H2,1-2H3;2-5,8-9H,1,6H2;2-6,10-11H,1H3;1-6,8-9H,7H2;1-6,9-10H;1-2,4-5,7-10H,3,6H2;3*2-7H,1H3;1-2H,3-8H2;3*1H4;1H2. The lowest BCUT2D eigenvalue weighted by Gasteiger charge is -2.18. The maximum Gasteiger partial charge on any atom is 0.235 e. The lowest BCUT2D eigenvalue weighted by Crippen LogP contribution is -2.30. The largest absolute Gasteiger partial charge is 0.412 e. The number of ketones is 1. The normalized spacial score (nSPS) is 36.2. The van der Waals surface area contributed by atoms with Gasteiger partial charge in [0.1, 0.15) is 24.4 Å². The van der Waals surface area contributed by atoms with Crippen LogP contribution in [0.15, 0.2) is 248 Å². The van der Waals surface area contributed by atoms with Crippen LogP contribution in [0.2, 0.25) is 0 Å². The van der Waals surface area contributed by atoms with Gasteiger partial charge in [0.2, 0.25) is 35.4 Å². The molecule has 24 aliphatic rings. The zero-order chi connectivity index (χ0) is 80.3. The first-order chi connectivity index (χ1) is 56.8. The summed E-state index contributed by atoms with van der Waals surface area (Å²) in [7, 11) is 4.63. The van der Waals surface area contributed by atoms with Crippen molar-refractivity contribution in [2.45, 2.75) is 198 Å². The minimum Gasteiger partial charge on any atom is -0.412 e. The van der Waals surface area contributed by atoms with E-state index < -0.39 is 0 Å². The van der Waals surface area contributed by atoms with E-state index in [1.54, 1.807) is 49.5 Å². The van der Waals surface area contributed by atoms with E-state index in [2.05, 4.69) is 203 Å². The van der Waals surface area contributed by atoms with Crippen molar-refractivity contribution in [2.24, 2.45) is 71.0 Å². The predicted molar refractivity (Wildman–Crippen MR) is 471 cm³/mol. The van der Waals surface area contributed by atoms with E-state index in [-0.39, 0.29) is 166 Å². The molecular formula is C105H119N3O13. The topological polar surface area (TPSA) is 207 Å². The van der Waals surface area contributed by atoms with Gasteiger partial charge in [0.15, 0.2) is 5.78 Å². The molecule has 0 spiro atoms. The average molecular weight is 1630 g/mol. The van der Waals surface area contributed by atoms with Crippen LogP contribution in [0.4, 0.5) is 0 Å². The number of hydrogen-bond donors (Lipinski definition) is 0. The van der Waals surface area contributed by atoms with Crippen LogP contribution in [-0.4, -0.2) is 119 Å². The van der Waals surface area contributed by atoms with Gasteiger partial charge in [-0.15, -0.1) is 0 Å². The Morgan fingerprint density at radius 1 is 0.347 bits per heavy atom. The number of likely N-dealkylation sites (tertiary alicyclic amines) is 3. The van der Waals surface area contributed by atoms with Gasteiger partial charge in [-0.3, -0.25) is 48.3 Å². The summed E-state index contributed by atoms with van der Waals surface area (Å²) in [4.78, 5) is 84.7. The molecule has 6 saturated heterocycles. The lowest BCUT2D eigenvalue weighted by atomic mass is 9.85. The lowest BCUT2D eigenvalue weighted by molar-refractivity contribution is -0.142. The van der Waals surface area contributed by atoms with E-state index in [1.807, 2.05) is 42.5 Å². The summed E-state index contributed by atoms with van der Waals surface area (Å²) in [6.45, 7) is 10.6. The quantitative estimate of drug-likeness (QED) is 0.119. The van der Waals surface area contributed by atoms with Crippen molar-refractivity contribution in [1.29, 1.82) is 0 Å². The third-order valence-electron chi connectivity index (χ3n) is 29.1. The molecule has 13 aliphatic heterocycles. The van der Waals surface area contributed by atoms with Crippen LogP contribution in [0.5, 0.6) is 0 Å². The molecule has 26 unspecified atom stereocenters. The Kier molecular flexibility index (Phi) is 25.0. The van der Waals surface area contributed by atoms with E-state index in [0.717, 1.165) is 64.9 Å². The number of rotatable bonds is 0. The number of fused-ring (bicyclic) bond motifs is 44. The first-order valence-electron chi connectivity index (χ1n) is 43.1. The fourth-order valence-electron chi connectivity index (χ4n) is 23.2. The number of ether oxygens (including phenoxy) is 5. The third-order valence-corrected chi connectivity index (χ3v) is 29.1. The first-order valence-corrected chi connectivity index (χ1v) is 43.1. The maximum atomic E-state index is 11.6. The highest BCUT2D eigenvalue weighted by molar-refractivity contribution is 6.09. The van der Waals surface area contributed by atoms with E-state index in [4.69, 9.17) is 23.7 Å². The Bertz CT molecular complexity index is 4750. The van der Waals surface area contributed by atoms with Gasteiger partial charge in [0.25, 0.3) is 0 Å². The van der Waals surface area contributed by atoms with Crippen LogP contribution in [0.25, 0.3) is 0 Å². The summed E-state index contributed by atoms with van der Waals surface area (Å²) in [5.41, 5.74) is 19.4. The molecule has 0 radical (unpaired) electrons. The summed E-state index contributed by atoms with van der Waals surface area (Å²) in [6, 6.07) is 28.3. The van der Waals surface area contributed by atoms with Crippen LogP contribution in [0.1, 0.15) is 202 Å². The Morgan fingerprint density at radius 2 is 0.719 bits per heavy atom. The molecule has 28 rings (SSSR count). The Hall–Kier alpha value is -9.91. The van der Waals surface area contributed by atoms with E-state index in [1.165, 1.54) is 123 Å². The molecule has 7 fully saturated rings. The number of carbonyl (C=O) groups is 7. The zero-order valence-corrected chi connectivity index (χ0v) is 68.1. The van der Waals surface area contributed by atoms with Crippen LogP contribution < -0.4 is 0 Å². The van der Waals surface area contributed by atoms with Gasteiger partial charge in [-0.05, 0) is 175 Å². The summed E-state index contributed by atoms with van der Waals surface area (Å²) in [6.07, 6.45) is 66.5. The van der Waals surface area contributed by atoms with Crippen LogP contribution in [0, 0.1) is 91.8 Å². The number of amides is 6. The van der Waals surface area contributed by atoms with Crippen molar-refractivity contribution in [3.05, 3.63) is 309 Å². The highest BCUT2D eigenvalue weighted by Crippen LogP contribution is 2.56. The van der Waals surface area contributed by atoms with Crippen LogP contribution in [0.3, 0.4) is 0 Å². The molecule has 11 aliphatic carbocycles. The van der Waals surface area contributed by atoms with Gasteiger partial charge < -0.3 is 29.2 Å². The average Bonchev–Trinajstić information content (AvgIpc) is 1.58. The third kappa shape index (κ3) is 15.3. The second kappa shape index (κ2) is 35.1. The fourth-order valence-corrected chi connectivity index (χ4v) is 23.2. The van der Waals surface area contributed by atoms with Gasteiger partial charge in [-0.25, -0.2) is 0 Å². The summed E-state index contributed by atoms with van der Waals surface area (Å²) in [5.74, 6) is 5.84. The second-order valence-corrected chi connectivity index (χ2v) is 35.7. The summed E-state index contributed by atoms with van der Waals surface area (Å²) in [5, 5.41) is 0. The molecule has 18 bridgehead atoms. The van der Waals surface area contributed by atoms with Crippen molar-refractivity contribution in [3.8, 4) is 0 Å². The van der Waals surface area contributed by atoms with Gasteiger partial charge >= 0.3 is 0 Å². The fraction of sp³-hybridized carbons (Fsp3) is 0.438. The highest BCUT2D eigenvalue weighted by Gasteiger charge is 2.62. The molecule has 16 nitrogen and oxygen atoms in total. The molecule has 0 aromatic heterocycles. The second-order valence-electron chi connectivity index (χ2n) is 35.7. The van der Waals surface area contributed by atoms with Crippen LogP contribution in [-0.2, 0) is 57.2 Å². The molecule has 2 N–H and O–H groups in total. The maximum absolute atomic E-state index is 11.6. The Morgan fingerprint density at radius 3 is 1.15 bits per heavy atom. The smallest absolute Gasteiger partial charge is 0.235 e. The van der Waals surface area contributed by atoms with Gasteiger partial charge in [0, 0.05) is 62.2 Å². The molecule has 632 valence electrons. The van der Waals surface area contributed by atoms with Gasteiger partial charge in [-0.2, -0.15) is 0 Å². The number of carbonyl (C=O) groups excluding carboxylic acids is 7. The Balaban J connectivity index is 0.000000104. The first kappa shape index (κ1) is 86.0. The molecule has 1 saturated carbocycles. The number of imide groups is 3. The Labute approximate surface area is 714 Å². The minimum atomic E-state index is -0.243. The molecule has 6 amide bonds. The molecule has 4 aromatic rings. The van der Waals surface area contributed by atoms with Crippen molar-refractivity contribution in [1.82, 2.24) is 14.7 Å². The molecule has 121 heavy (non-hydrogen) atoms. The van der Waals surface area contributed by atoms with E-state index >= 15 is 0 Å². The number of benzene rings is 4. The van der Waals surface area contributed by atoms with E-state index in [0.29, 0.717) is 11.8 Å². The number of allylic oxidation sites excluding steroid dienone is 17. The van der Waals surface area contributed by atoms with Crippen molar-refractivity contribution >= 4 is 41.2 Å². The summed E-state index contributed by atoms with van der Waals surface area (Å²) >= 11 is 0. The molecule has 13 heterocycles. The number of nitrogens with zero attached hydrogens (tertiary/aromatic N) is 3. The van der Waals surface area contributed by atoms with Crippen molar-refractivity contribution in [2.75, 3.05) is 21.1 Å². The number of aryl methyl sites for hydroxylation is 3. The number of hydrogen-bond acceptors (Lipinski definition) is 12. The van der Waals surface area contributed by atoms with Gasteiger partial charge in [-0.1, -0.05) is 266 Å². The minimum absolute atomic E-state index is 0. The van der Waals surface area contributed by atoms with Gasteiger partial charge in [0.05, 0.1) is 72.1 Å².